The maximum atomic E-state index is 9.13. The number of aromatic hydroxyl groups is 1. The molecular weight excluding hydrogens is 202 g/mol. The fourth-order valence-corrected chi connectivity index (χ4v) is 1.37. The van der Waals surface area contributed by atoms with E-state index in [0.29, 0.717) is 12.2 Å². The average Bonchev–Trinajstić information content (AvgIpc) is 2.30. The van der Waals surface area contributed by atoms with Gasteiger partial charge in [0, 0.05) is 18.4 Å². The lowest BCUT2D eigenvalue weighted by molar-refractivity contribution is 0.475. The summed E-state index contributed by atoms with van der Waals surface area (Å²) in [4.78, 5) is 3.93. The van der Waals surface area contributed by atoms with Crippen LogP contribution in [0, 0.1) is 0 Å². The van der Waals surface area contributed by atoms with E-state index in [2.05, 4.69) is 10.3 Å². The van der Waals surface area contributed by atoms with Crippen LogP contribution in [0.3, 0.4) is 0 Å². The second kappa shape index (κ2) is 4.53. The Balaban J connectivity index is 2.02. The molecule has 0 saturated carbocycles. The summed E-state index contributed by atoms with van der Waals surface area (Å²) in [7, 11) is 0. The average molecular weight is 215 g/mol. The Kier molecular flexibility index (Phi) is 2.91. The number of phenolic OH excluding ortho intramolecular Hbond substituents is 1. The van der Waals surface area contributed by atoms with E-state index in [1.54, 1.807) is 24.5 Å². The molecule has 0 radical (unpaired) electrons. The SMILES string of the molecule is Nc1cnccc1CNc1ccc(O)cc1. The molecule has 4 heteroatoms. The largest absolute Gasteiger partial charge is 0.508 e. The number of nitrogen functional groups attached to an aromatic ring is 1. The number of aromatic nitrogens is 1. The zero-order valence-corrected chi connectivity index (χ0v) is 8.72. The van der Waals surface area contributed by atoms with Crippen LogP contribution in [-0.4, -0.2) is 10.1 Å². The standard InChI is InChI=1S/C12H13N3O/c13-12-8-14-6-5-9(12)7-15-10-1-3-11(16)4-2-10/h1-6,8,15-16H,7,13H2. The van der Waals surface area contributed by atoms with Gasteiger partial charge in [-0.2, -0.15) is 0 Å². The van der Waals surface area contributed by atoms with Gasteiger partial charge in [-0.1, -0.05) is 0 Å². The van der Waals surface area contributed by atoms with E-state index in [1.807, 2.05) is 18.2 Å². The maximum Gasteiger partial charge on any atom is 0.115 e. The van der Waals surface area contributed by atoms with Crippen molar-refractivity contribution in [2.24, 2.45) is 0 Å². The van der Waals surface area contributed by atoms with Crippen molar-refractivity contribution in [1.82, 2.24) is 4.98 Å². The normalized spacial score (nSPS) is 10.0. The van der Waals surface area contributed by atoms with Gasteiger partial charge < -0.3 is 16.2 Å². The van der Waals surface area contributed by atoms with Crippen LogP contribution in [0.4, 0.5) is 11.4 Å². The maximum absolute atomic E-state index is 9.13. The predicted octanol–water partition coefficient (Wildman–Crippen LogP) is 1.98. The van der Waals surface area contributed by atoms with Crippen LogP contribution in [0.1, 0.15) is 5.56 Å². The van der Waals surface area contributed by atoms with Crippen LogP contribution in [-0.2, 0) is 6.54 Å². The molecule has 0 saturated heterocycles. The van der Waals surface area contributed by atoms with E-state index in [1.165, 1.54) is 0 Å². The van der Waals surface area contributed by atoms with Gasteiger partial charge in [-0.25, -0.2) is 0 Å². The number of nitrogens with zero attached hydrogens (tertiary/aromatic N) is 1. The van der Waals surface area contributed by atoms with Crippen molar-refractivity contribution in [3.8, 4) is 5.75 Å². The summed E-state index contributed by atoms with van der Waals surface area (Å²) < 4.78 is 0. The molecule has 0 aliphatic rings. The first-order valence-corrected chi connectivity index (χ1v) is 4.97. The summed E-state index contributed by atoms with van der Waals surface area (Å²) >= 11 is 0. The number of rotatable bonds is 3. The number of benzene rings is 1. The molecule has 1 aromatic carbocycles. The summed E-state index contributed by atoms with van der Waals surface area (Å²) in [6.45, 7) is 0.638. The Morgan fingerprint density at radius 3 is 2.62 bits per heavy atom. The first-order chi connectivity index (χ1) is 7.75. The molecule has 1 aromatic heterocycles. The topological polar surface area (TPSA) is 71.2 Å². The summed E-state index contributed by atoms with van der Waals surface area (Å²) in [5.41, 5.74) is 8.38. The van der Waals surface area contributed by atoms with Gasteiger partial charge in [-0.3, -0.25) is 4.98 Å². The molecule has 0 aliphatic carbocycles. The highest BCUT2D eigenvalue weighted by molar-refractivity contribution is 5.50. The Morgan fingerprint density at radius 2 is 1.94 bits per heavy atom. The number of hydrogen-bond donors (Lipinski definition) is 3. The highest BCUT2D eigenvalue weighted by Crippen LogP contribution is 2.16. The molecule has 1 heterocycles. The van der Waals surface area contributed by atoms with E-state index < -0.39 is 0 Å². The number of hydrogen-bond acceptors (Lipinski definition) is 4. The molecule has 0 spiro atoms. The molecule has 2 rings (SSSR count). The van der Waals surface area contributed by atoms with Gasteiger partial charge in [0.25, 0.3) is 0 Å². The van der Waals surface area contributed by atoms with Gasteiger partial charge in [-0.15, -0.1) is 0 Å². The van der Waals surface area contributed by atoms with E-state index in [9.17, 15) is 0 Å². The predicted molar refractivity (Wildman–Crippen MR) is 64.1 cm³/mol. The number of phenols is 1. The molecule has 4 nitrogen and oxygen atoms in total. The number of pyridine rings is 1. The van der Waals surface area contributed by atoms with Crippen molar-refractivity contribution >= 4 is 11.4 Å². The van der Waals surface area contributed by atoms with E-state index >= 15 is 0 Å². The Morgan fingerprint density at radius 1 is 1.19 bits per heavy atom. The fourth-order valence-electron chi connectivity index (χ4n) is 1.37. The monoisotopic (exact) mass is 215 g/mol. The molecule has 2 aromatic rings. The lowest BCUT2D eigenvalue weighted by Crippen LogP contribution is -2.02. The highest BCUT2D eigenvalue weighted by atomic mass is 16.3. The third-order valence-electron chi connectivity index (χ3n) is 2.30. The zero-order chi connectivity index (χ0) is 11.4. The van der Waals surface area contributed by atoms with E-state index in [-0.39, 0.29) is 5.75 Å². The highest BCUT2D eigenvalue weighted by Gasteiger charge is 1.98. The van der Waals surface area contributed by atoms with Crippen molar-refractivity contribution in [3.05, 3.63) is 48.3 Å². The second-order valence-corrected chi connectivity index (χ2v) is 3.47. The zero-order valence-electron chi connectivity index (χ0n) is 8.72. The minimum absolute atomic E-state index is 0.258. The number of nitrogens with two attached hydrogens (primary N) is 1. The van der Waals surface area contributed by atoms with Crippen molar-refractivity contribution in [3.63, 3.8) is 0 Å². The van der Waals surface area contributed by atoms with Gasteiger partial charge in [0.2, 0.25) is 0 Å². The second-order valence-electron chi connectivity index (χ2n) is 3.47. The summed E-state index contributed by atoms with van der Waals surface area (Å²) in [6.07, 6.45) is 3.35. The summed E-state index contributed by atoms with van der Waals surface area (Å²) in [6, 6.07) is 8.78. The number of nitrogens with one attached hydrogen (secondary N) is 1. The molecule has 0 bridgehead atoms. The molecule has 0 amide bonds. The van der Waals surface area contributed by atoms with Crippen molar-refractivity contribution in [2.45, 2.75) is 6.54 Å². The van der Waals surface area contributed by atoms with Gasteiger partial charge in [0.15, 0.2) is 0 Å². The van der Waals surface area contributed by atoms with Crippen molar-refractivity contribution in [1.29, 1.82) is 0 Å². The quantitative estimate of drug-likeness (QED) is 0.685. The lowest BCUT2D eigenvalue weighted by Gasteiger charge is -2.08. The Bertz CT molecular complexity index is 468. The molecular formula is C12H13N3O. The van der Waals surface area contributed by atoms with Crippen LogP contribution >= 0.6 is 0 Å². The molecule has 0 unspecified atom stereocenters. The molecule has 0 atom stereocenters. The molecule has 82 valence electrons. The van der Waals surface area contributed by atoms with Crippen LogP contribution in [0.2, 0.25) is 0 Å². The first kappa shape index (κ1) is 10.3. The van der Waals surface area contributed by atoms with Gasteiger partial charge in [0.05, 0.1) is 11.9 Å². The van der Waals surface area contributed by atoms with Gasteiger partial charge in [-0.05, 0) is 35.9 Å². The van der Waals surface area contributed by atoms with Gasteiger partial charge in [0.1, 0.15) is 5.75 Å². The van der Waals surface area contributed by atoms with Crippen molar-refractivity contribution in [2.75, 3.05) is 11.1 Å². The first-order valence-electron chi connectivity index (χ1n) is 4.97. The smallest absolute Gasteiger partial charge is 0.115 e. The minimum Gasteiger partial charge on any atom is -0.508 e. The molecule has 16 heavy (non-hydrogen) atoms. The van der Waals surface area contributed by atoms with E-state index in [4.69, 9.17) is 10.8 Å². The van der Waals surface area contributed by atoms with Crippen LogP contribution < -0.4 is 11.1 Å². The van der Waals surface area contributed by atoms with E-state index in [0.717, 1.165) is 11.3 Å². The third-order valence-corrected chi connectivity index (χ3v) is 2.30. The minimum atomic E-state index is 0.258. The Labute approximate surface area is 93.8 Å². The fraction of sp³-hybridized carbons (Fsp3) is 0.0833. The summed E-state index contributed by atoms with van der Waals surface area (Å²) in [5, 5.41) is 12.3. The molecule has 0 fully saturated rings. The van der Waals surface area contributed by atoms with Crippen LogP contribution in [0.25, 0.3) is 0 Å². The Hall–Kier alpha value is -2.23. The van der Waals surface area contributed by atoms with Crippen molar-refractivity contribution < 1.29 is 5.11 Å². The molecule has 0 aliphatic heterocycles. The van der Waals surface area contributed by atoms with Gasteiger partial charge >= 0.3 is 0 Å². The molecule has 4 N–H and O–H groups in total. The summed E-state index contributed by atoms with van der Waals surface area (Å²) in [5.74, 6) is 0.258. The lowest BCUT2D eigenvalue weighted by atomic mass is 10.2. The number of anilines is 2. The van der Waals surface area contributed by atoms with Crippen LogP contribution in [0.5, 0.6) is 5.75 Å². The third kappa shape index (κ3) is 2.42. The van der Waals surface area contributed by atoms with Crippen LogP contribution in [0.15, 0.2) is 42.7 Å².